The Morgan fingerprint density at radius 1 is 0.941 bits per heavy atom. The van der Waals surface area contributed by atoms with E-state index in [9.17, 15) is 24.0 Å². The van der Waals surface area contributed by atoms with E-state index in [1.807, 2.05) is 0 Å². The fourth-order valence-corrected chi connectivity index (χ4v) is 3.86. The van der Waals surface area contributed by atoms with E-state index in [1.54, 1.807) is 31.2 Å². The van der Waals surface area contributed by atoms with E-state index < -0.39 is 54.2 Å². The van der Waals surface area contributed by atoms with Crippen molar-refractivity contribution >= 4 is 40.6 Å². The molecule has 1 aliphatic rings. The maximum absolute atomic E-state index is 12.7. The van der Waals surface area contributed by atoms with Crippen molar-refractivity contribution in [3.05, 3.63) is 36.0 Å². The predicted octanol–water partition coefficient (Wildman–Crippen LogP) is 1.71. The molecule has 0 N–H and O–H groups in total. The SMILES string of the molecule is CCOC(=O)C(=O)c1cn([C@@H]2OC[C@H](OC(C)=O)[C@@H](OC(C)=O)[C@@H]2OC(C)=O)c2ccccc12. The van der Waals surface area contributed by atoms with E-state index in [0.29, 0.717) is 10.9 Å². The largest absolute Gasteiger partial charge is 0.460 e. The van der Waals surface area contributed by atoms with Crippen LogP contribution >= 0.6 is 0 Å². The fraction of sp³-hybridized carbons (Fsp3) is 0.435. The predicted molar refractivity (Wildman–Crippen MR) is 115 cm³/mol. The summed E-state index contributed by atoms with van der Waals surface area (Å²) in [5, 5.41) is 0.442. The molecule has 0 aliphatic carbocycles. The Morgan fingerprint density at radius 2 is 1.56 bits per heavy atom. The van der Waals surface area contributed by atoms with E-state index in [2.05, 4.69) is 0 Å². The highest BCUT2D eigenvalue weighted by atomic mass is 16.6. The molecule has 1 saturated heterocycles. The number of Topliss-reactive ketones (excluding diaryl/α,β-unsaturated/α-hetero) is 1. The summed E-state index contributed by atoms with van der Waals surface area (Å²) in [7, 11) is 0. The second kappa shape index (κ2) is 10.5. The number of fused-ring (bicyclic) bond motifs is 1. The lowest BCUT2D eigenvalue weighted by Gasteiger charge is -2.41. The van der Waals surface area contributed by atoms with Crippen molar-refractivity contribution in [1.29, 1.82) is 0 Å². The summed E-state index contributed by atoms with van der Waals surface area (Å²) >= 11 is 0. The molecule has 1 aromatic heterocycles. The first-order chi connectivity index (χ1) is 16.1. The van der Waals surface area contributed by atoms with Crippen LogP contribution in [0.1, 0.15) is 44.3 Å². The molecular weight excluding hydrogens is 450 g/mol. The maximum Gasteiger partial charge on any atom is 0.379 e. The number of hydrogen-bond donors (Lipinski definition) is 0. The molecule has 1 fully saturated rings. The van der Waals surface area contributed by atoms with Gasteiger partial charge < -0.3 is 28.3 Å². The molecular formula is C23H25NO10. The third kappa shape index (κ3) is 5.25. The number of ether oxygens (including phenoxy) is 5. The van der Waals surface area contributed by atoms with E-state index >= 15 is 0 Å². The lowest BCUT2D eigenvalue weighted by molar-refractivity contribution is -0.239. The number of rotatable bonds is 7. The highest BCUT2D eigenvalue weighted by Crippen LogP contribution is 2.35. The topological polar surface area (TPSA) is 136 Å². The summed E-state index contributed by atoms with van der Waals surface area (Å²) in [6.07, 6.45) is -3.14. The van der Waals surface area contributed by atoms with E-state index in [0.717, 1.165) is 0 Å². The van der Waals surface area contributed by atoms with Gasteiger partial charge in [-0.05, 0) is 13.0 Å². The van der Waals surface area contributed by atoms with Crippen molar-refractivity contribution in [3.8, 4) is 0 Å². The Balaban J connectivity index is 2.11. The average Bonchev–Trinajstić information content (AvgIpc) is 3.14. The van der Waals surface area contributed by atoms with Gasteiger partial charge in [0.2, 0.25) is 0 Å². The number of carbonyl (C=O) groups is 5. The molecule has 2 aromatic rings. The molecule has 0 amide bonds. The first-order valence-electron chi connectivity index (χ1n) is 10.6. The van der Waals surface area contributed by atoms with Crippen LogP contribution in [0.3, 0.4) is 0 Å². The second-order valence-electron chi connectivity index (χ2n) is 7.54. The van der Waals surface area contributed by atoms with Gasteiger partial charge in [0.1, 0.15) is 0 Å². The van der Waals surface area contributed by atoms with Crippen molar-refractivity contribution in [2.24, 2.45) is 0 Å². The summed E-state index contributed by atoms with van der Waals surface area (Å²) in [4.78, 5) is 60.2. The quantitative estimate of drug-likeness (QED) is 0.252. The molecule has 11 heteroatoms. The molecule has 182 valence electrons. The lowest BCUT2D eigenvalue weighted by atomic mass is 10.0. The van der Waals surface area contributed by atoms with Gasteiger partial charge in [-0.3, -0.25) is 19.2 Å². The minimum Gasteiger partial charge on any atom is -0.460 e. The third-order valence-electron chi connectivity index (χ3n) is 5.04. The van der Waals surface area contributed by atoms with E-state index in [-0.39, 0.29) is 18.8 Å². The summed E-state index contributed by atoms with van der Waals surface area (Å²) < 4.78 is 28.3. The molecule has 4 atom stereocenters. The molecule has 0 bridgehead atoms. The smallest absolute Gasteiger partial charge is 0.379 e. The number of ketones is 1. The first-order valence-corrected chi connectivity index (χ1v) is 10.6. The van der Waals surface area contributed by atoms with Crippen LogP contribution in [-0.2, 0) is 42.9 Å². The van der Waals surface area contributed by atoms with Crippen LogP contribution in [0.15, 0.2) is 30.5 Å². The van der Waals surface area contributed by atoms with Gasteiger partial charge in [-0.25, -0.2) is 4.79 Å². The maximum atomic E-state index is 12.7. The zero-order valence-corrected chi connectivity index (χ0v) is 19.1. The number of esters is 4. The van der Waals surface area contributed by atoms with Crippen LogP contribution in [0.2, 0.25) is 0 Å². The first kappa shape index (κ1) is 24.9. The van der Waals surface area contributed by atoms with E-state index in [1.165, 1.54) is 31.5 Å². The van der Waals surface area contributed by atoms with Gasteiger partial charge in [0.05, 0.1) is 24.3 Å². The summed E-state index contributed by atoms with van der Waals surface area (Å²) in [5.41, 5.74) is 0.551. The summed E-state index contributed by atoms with van der Waals surface area (Å²) in [6.45, 7) is 4.95. The zero-order chi connectivity index (χ0) is 25.0. The van der Waals surface area contributed by atoms with Crippen LogP contribution in [0, 0.1) is 0 Å². The van der Waals surface area contributed by atoms with Gasteiger partial charge in [0, 0.05) is 32.4 Å². The van der Waals surface area contributed by atoms with Crippen LogP contribution in [0.25, 0.3) is 10.9 Å². The molecule has 0 spiro atoms. The van der Waals surface area contributed by atoms with Crippen molar-refractivity contribution in [3.63, 3.8) is 0 Å². The van der Waals surface area contributed by atoms with Gasteiger partial charge in [-0.15, -0.1) is 0 Å². The highest BCUT2D eigenvalue weighted by molar-refractivity contribution is 6.43. The van der Waals surface area contributed by atoms with Gasteiger partial charge in [-0.2, -0.15) is 0 Å². The fourth-order valence-electron chi connectivity index (χ4n) is 3.86. The summed E-state index contributed by atoms with van der Waals surface area (Å²) in [5.74, 6) is -3.89. The normalized spacial score (nSPS) is 22.0. The van der Waals surface area contributed by atoms with Crippen LogP contribution in [0.4, 0.5) is 0 Å². The van der Waals surface area contributed by atoms with Gasteiger partial charge in [0.25, 0.3) is 5.78 Å². The lowest BCUT2D eigenvalue weighted by Crippen LogP contribution is -2.55. The highest BCUT2D eigenvalue weighted by Gasteiger charge is 2.48. The Morgan fingerprint density at radius 3 is 2.18 bits per heavy atom. The van der Waals surface area contributed by atoms with Gasteiger partial charge in [-0.1, -0.05) is 18.2 Å². The van der Waals surface area contributed by atoms with Crippen molar-refractivity contribution in [2.75, 3.05) is 13.2 Å². The molecule has 34 heavy (non-hydrogen) atoms. The number of benzene rings is 1. The molecule has 11 nitrogen and oxygen atoms in total. The Bertz CT molecular complexity index is 1120. The van der Waals surface area contributed by atoms with E-state index in [4.69, 9.17) is 23.7 Å². The summed E-state index contributed by atoms with van der Waals surface area (Å²) in [6, 6.07) is 6.74. The minimum absolute atomic E-state index is 0.0328. The molecule has 0 radical (unpaired) electrons. The monoisotopic (exact) mass is 475 g/mol. The average molecular weight is 475 g/mol. The molecule has 0 saturated carbocycles. The van der Waals surface area contributed by atoms with Crippen LogP contribution < -0.4 is 0 Å². The zero-order valence-electron chi connectivity index (χ0n) is 19.1. The molecule has 1 aromatic carbocycles. The number of aromatic nitrogens is 1. The van der Waals surface area contributed by atoms with Crippen molar-refractivity contribution in [2.45, 2.75) is 52.2 Å². The third-order valence-corrected chi connectivity index (χ3v) is 5.04. The molecule has 2 heterocycles. The van der Waals surface area contributed by atoms with Gasteiger partial charge >= 0.3 is 23.9 Å². The molecule has 3 rings (SSSR count). The van der Waals surface area contributed by atoms with Crippen molar-refractivity contribution in [1.82, 2.24) is 4.57 Å². The number of hydrogen-bond acceptors (Lipinski definition) is 10. The van der Waals surface area contributed by atoms with Crippen LogP contribution in [-0.4, -0.2) is 65.8 Å². The Labute approximate surface area is 194 Å². The second-order valence-corrected chi connectivity index (χ2v) is 7.54. The standard InChI is InChI=1S/C23H25NO10/c1-5-30-23(29)19(28)16-10-24(17-9-7-6-8-15(16)17)22-21(34-14(4)27)20(33-13(3)26)18(11-31-22)32-12(2)25/h6-10,18,20-22H,5,11H2,1-4H3/t18-,20+,21-,22+/m0/s1. The van der Waals surface area contributed by atoms with Crippen molar-refractivity contribution < 1.29 is 47.7 Å². The molecule has 0 unspecified atom stereocenters. The number of carbonyl (C=O) groups excluding carboxylic acids is 5. The minimum atomic E-state index is -1.24. The van der Waals surface area contributed by atoms with Crippen LogP contribution in [0.5, 0.6) is 0 Å². The van der Waals surface area contributed by atoms with Gasteiger partial charge in [0.15, 0.2) is 24.5 Å². The Hall–Kier alpha value is -3.73. The number of nitrogens with zero attached hydrogens (tertiary/aromatic N) is 1. The molecule has 1 aliphatic heterocycles. The Kier molecular flexibility index (Phi) is 7.67. The number of para-hydroxylation sites is 1.